The van der Waals surface area contributed by atoms with Gasteiger partial charge in [0.15, 0.2) is 0 Å². The van der Waals surface area contributed by atoms with Gasteiger partial charge in [-0.1, -0.05) is 24.4 Å². The van der Waals surface area contributed by atoms with Crippen LogP contribution in [0.4, 0.5) is 4.79 Å². The van der Waals surface area contributed by atoms with Crippen LogP contribution in [0.1, 0.15) is 5.56 Å². The molecule has 4 amide bonds. The first-order valence-electron chi connectivity index (χ1n) is 6.08. The van der Waals surface area contributed by atoms with E-state index < -0.39 is 17.8 Å². The maximum atomic E-state index is 11.7. The molecule has 0 radical (unpaired) electrons. The molecule has 0 atom stereocenters. The summed E-state index contributed by atoms with van der Waals surface area (Å²) in [4.78, 5) is 36.4. The molecule has 1 aliphatic rings. The quantitative estimate of drug-likeness (QED) is 0.472. The van der Waals surface area contributed by atoms with Gasteiger partial charge in [-0.15, -0.1) is 0 Å². The number of carbonyl (C=O) groups excluding carboxylic acids is 3. The third-order valence-corrected chi connectivity index (χ3v) is 3.20. The van der Waals surface area contributed by atoms with Crippen LogP contribution in [0.3, 0.4) is 0 Å². The molecule has 1 saturated heterocycles. The molecule has 1 aromatic carbocycles. The molecule has 1 aromatic rings. The molecule has 7 nitrogen and oxygen atoms in total. The Morgan fingerprint density at radius 3 is 2.48 bits per heavy atom. The summed E-state index contributed by atoms with van der Waals surface area (Å²) in [7, 11) is 1.26. The van der Waals surface area contributed by atoms with E-state index in [0.29, 0.717) is 11.3 Å². The van der Waals surface area contributed by atoms with Gasteiger partial charge in [-0.25, -0.2) is 4.79 Å². The number of imide groups is 2. The van der Waals surface area contributed by atoms with E-state index in [-0.39, 0.29) is 18.1 Å². The number of urea groups is 1. The fraction of sp³-hybridized carbons (Fsp3) is 0.231. The normalized spacial score (nSPS) is 14.8. The van der Waals surface area contributed by atoms with E-state index in [0.717, 1.165) is 9.80 Å². The van der Waals surface area contributed by atoms with Crippen LogP contribution in [-0.2, 0) is 9.59 Å². The zero-order valence-corrected chi connectivity index (χ0v) is 12.1. The molecule has 2 rings (SSSR count). The zero-order chi connectivity index (χ0) is 15.6. The van der Waals surface area contributed by atoms with Crippen LogP contribution >= 0.6 is 12.2 Å². The van der Waals surface area contributed by atoms with Crippen LogP contribution < -0.4 is 10.5 Å². The lowest BCUT2D eigenvalue weighted by molar-refractivity contribution is -0.142. The third-order valence-electron chi connectivity index (χ3n) is 2.98. The minimum absolute atomic E-state index is 0.0284. The van der Waals surface area contributed by atoms with Gasteiger partial charge >= 0.3 is 17.8 Å². The molecule has 0 unspecified atom stereocenters. The maximum absolute atomic E-state index is 11.7. The molecule has 8 heteroatoms. The van der Waals surface area contributed by atoms with Crippen molar-refractivity contribution in [3.63, 3.8) is 0 Å². The summed E-state index contributed by atoms with van der Waals surface area (Å²) in [5.41, 5.74) is 6.14. The number of rotatable bonds is 5. The first-order valence-corrected chi connectivity index (χ1v) is 6.49. The van der Waals surface area contributed by atoms with Gasteiger partial charge in [-0.2, -0.15) is 0 Å². The molecule has 0 spiro atoms. The Hall–Kier alpha value is -2.48. The largest absolute Gasteiger partial charge is 0.491 e. The molecule has 0 aliphatic carbocycles. The van der Waals surface area contributed by atoms with Crippen LogP contribution in [0.15, 0.2) is 24.3 Å². The summed E-state index contributed by atoms with van der Waals surface area (Å²) in [5.74, 6) is -1.24. The Bertz CT molecular complexity index is 632. The van der Waals surface area contributed by atoms with Gasteiger partial charge < -0.3 is 10.5 Å². The fourth-order valence-electron chi connectivity index (χ4n) is 1.85. The molecule has 1 fully saturated rings. The highest BCUT2D eigenvalue weighted by atomic mass is 32.1. The first kappa shape index (κ1) is 14.9. The van der Waals surface area contributed by atoms with Gasteiger partial charge in [0.2, 0.25) is 0 Å². The molecule has 1 heterocycles. The van der Waals surface area contributed by atoms with Crippen LogP contribution in [0.25, 0.3) is 0 Å². The van der Waals surface area contributed by atoms with E-state index in [1.165, 1.54) is 7.05 Å². The maximum Gasteiger partial charge on any atom is 0.334 e. The lowest BCUT2D eigenvalue weighted by Gasteiger charge is -2.14. The molecular formula is C13H13N3O4S. The minimum Gasteiger partial charge on any atom is -0.491 e. The smallest absolute Gasteiger partial charge is 0.334 e. The van der Waals surface area contributed by atoms with Crippen molar-refractivity contribution in [1.29, 1.82) is 0 Å². The number of para-hydroxylation sites is 1. The number of nitrogens with two attached hydrogens (primary N) is 1. The number of likely N-dealkylation sites (N-methyl/N-ethyl adjacent to an activating group) is 1. The first-order chi connectivity index (χ1) is 9.93. The summed E-state index contributed by atoms with van der Waals surface area (Å²) in [6, 6.07) is 6.25. The fourth-order valence-corrected chi connectivity index (χ4v) is 2.02. The highest BCUT2D eigenvalue weighted by Crippen LogP contribution is 2.18. The van der Waals surface area contributed by atoms with Crippen molar-refractivity contribution >= 4 is 35.1 Å². The van der Waals surface area contributed by atoms with Crippen molar-refractivity contribution in [1.82, 2.24) is 9.80 Å². The Balaban J connectivity index is 2.00. The van der Waals surface area contributed by atoms with E-state index in [2.05, 4.69) is 0 Å². The van der Waals surface area contributed by atoms with Gasteiger partial charge in [-0.3, -0.25) is 19.4 Å². The molecule has 0 saturated carbocycles. The van der Waals surface area contributed by atoms with Crippen LogP contribution in [0, 0.1) is 0 Å². The monoisotopic (exact) mass is 307 g/mol. The van der Waals surface area contributed by atoms with Gasteiger partial charge in [0, 0.05) is 7.05 Å². The van der Waals surface area contributed by atoms with Crippen molar-refractivity contribution in [2.45, 2.75) is 0 Å². The number of hydrogen-bond donors (Lipinski definition) is 1. The van der Waals surface area contributed by atoms with Crippen molar-refractivity contribution in [2.24, 2.45) is 5.73 Å². The molecule has 2 N–H and O–H groups in total. The predicted molar refractivity (Wildman–Crippen MR) is 77.7 cm³/mol. The highest BCUT2D eigenvalue weighted by molar-refractivity contribution is 7.80. The second-order valence-electron chi connectivity index (χ2n) is 4.31. The van der Waals surface area contributed by atoms with Crippen molar-refractivity contribution < 1.29 is 19.1 Å². The Morgan fingerprint density at radius 2 is 1.90 bits per heavy atom. The third kappa shape index (κ3) is 2.84. The number of thiocarbonyl (C=S) groups is 1. The second-order valence-corrected chi connectivity index (χ2v) is 4.75. The van der Waals surface area contributed by atoms with Gasteiger partial charge in [0.1, 0.15) is 17.3 Å². The molecule has 1 aliphatic heterocycles. The van der Waals surface area contributed by atoms with Crippen molar-refractivity contribution in [3.8, 4) is 5.75 Å². The number of hydrogen-bond acceptors (Lipinski definition) is 5. The second kappa shape index (κ2) is 5.88. The number of amides is 4. The summed E-state index contributed by atoms with van der Waals surface area (Å²) < 4.78 is 5.48. The molecular weight excluding hydrogens is 294 g/mol. The van der Waals surface area contributed by atoms with E-state index >= 15 is 0 Å². The molecule has 21 heavy (non-hydrogen) atoms. The van der Waals surface area contributed by atoms with E-state index in [4.69, 9.17) is 22.7 Å². The zero-order valence-electron chi connectivity index (χ0n) is 11.2. The van der Waals surface area contributed by atoms with Gasteiger partial charge in [-0.05, 0) is 12.1 Å². The molecule has 0 aromatic heterocycles. The summed E-state index contributed by atoms with van der Waals surface area (Å²) in [6.07, 6.45) is 0. The van der Waals surface area contributed by atoms with Crippen molar-refractivity contribution in [2.75, 3.05) is 20.2 Å². The average molecular weight is 307 g/mol. The van der Waals surface area contributed by atoms with Crippen LogP contribution in [0.2, 0.25) is 0 Å². The van der Waals surface area contributed by atoms with E-state index in [1.54, 1.807) is 24.3 Å². The lowest BCUT2D eigenvalue weighted by Crippen LogP contribution is -2.35. The Kier molecular flexibility index (Phi) is 4.18. The summed E-state index contributed by atoms with van der Waals surface area (Å²) in [5, 5.41) is 0. The number of benzene rings is 1. The van der Waals surface area contributed by atoms with Gasteiger partial charge in [0.05, 0.1) is 12.1 Å². The predicted octanol–water partition coefficient (Wildman–Crippen LogP) is 0.120. The standard InChI is InChI=1S/C13H13N3O4S/c1-15-11(17)12(18)16(13(15)19)6-7-20-9-5-3-2-4-8(9)10(14)21/h2-5H,6-7H2,1H3,(H2,14,21). The van der Waals surface area contributed by atoms with Crippen molar-refractivity contribution in [3.05, 3.63) is 29.8 Å². The molecule has 110 valence electrons. The number of ether oxygens (including phenoxy) is 1. The van der Waals surface area contributed by atoms with Gasteiger partial charge in [0.25, 0.3) is 0 Å². The van der Waals surface area contributed by atoms with E-state index in [1.807, 2.05) is 0 Å². The number of carbonyl (C=O) groups is 3. The topological polar surface area (TPSA) is 92.9 Å². The number of nitrogens with zero attached hydrogens (tertiary/aromatic N) is 2. The molecule has 0 bridgehead atoms. The minimum atomic E-state index is -0.853. The SMILES string of the molecule is CN1C(=O)C(=O)N(CCOc2ccccc2C(N)=S)C1=O. The average Bonchev–Trinajstić information content (AvgIpc) is 2.65. The van der Waals surface area contributed by atoms with E-state index in [9.17, 15) is 14.4 Å². The highest BCUT2D eigenvalue weighted by Gasteiger charge is 2.41. The Labute approximate surface area is 126 Å². The Morgan fingerprint density at radius 1 is 1.24 bits per heavy atom. The summed E-state index contributed by atoms with van der Waals surface area (Å²) in [6.45, 7) is 0.0115. The van der Waals surface area contributed by atoms with Crippen LogP contribution in [0.5, 0.6) is 5.75 Å². The van der Waals surface area contributed by atoms with Crippen LogP contribution in [-0.4, -0.2) is 52.8 Å². The lowest BCUT2D eigenvalue weighted by atomic mass is 10.2. The summed E-state index contributed by atoms with van der Waals surface area (Å²) >= 11 is 4.90.